The maximum absolute atomic E-state index is 6.29. The van der Waals surface area contributed by atoms with Gasteiger partial charge in [-0.3, -0.25) is 5.84 Å². The van der Waals surface area contributed by atoms with Crippen LogP contribution >= 0.6 is 11.6 Å². The Bertz CT molecular complexity index is 593. The lowest BCUT2D eigenvalue weighted by molar-refractivity contribution is 0.419. The van der Waals surface area contributed by atoms with E-state index in [1.54, 1.807) is 0 Å². The molecule has 1 aliphatic rings. The number of rotatable bonds is 4. The lowest BCUT2D eigenvalue weighted by Gasteiger charge is -2.27. The van der Waals surface area contributed by atoms with Gasteiger partial charge in [0.2, 0.25) is 0 Å². The smallest absolute Gasteiger partial charge is 0.0724 e. The molecule has 0 spiro atoms. The highest BCUT2D eigenvalue weighted by atomic mass is 35.5. The first-order valence-electron chi connectivity index (χ1n) is 7.10. The molecule has 0 aliphatic heterocycles. The molecule has 0 saturated heterocycles. The summed E-state index contributed by atoms with van der Waals surface area (Å²) in [6, 6.07) is 16.5. The van der Waals surface area contributed by atoms with Crippen molar-refractivity contribution in [2.45, 2.75) is 31.2 Å². The number of nitrogens with two attached hydrogens (primary N) is 1. The average molecular weight is 287 g/mol. The first-order valence-corrected chi connectivity index (χ1v) is 7.48. The number of hydrogen-bond acceptors (Lipinski definition) is 2. The van der Waals surface area contributed by atoms with Crippen LogP contribution in [-0.2, 0) is 0 Å². The van der Waals surface area contributed by atoms with Crippen LogP contribution in [0.2, 0.25) is 5.02 Å². The molecule has 0 amide bonds. The molecule has 1 saturated carbocycles. The second-order valence-corrected chi connectivity index (χ2v) is 5.83. The number of benzene rings is 2. The van der Waals surface area contributed by atoms with E-state index in [0.29, 0.717) is 0 Å². The Morgan fingerprint density at radius 1 is 1.10 bits per heavy atom. The second-order valence-electron chi connectivity index (χ2n) is 5.42. The van der Waals surface area contributed by atoms with E-state index in [0.717, 1.165) is 16.5 Å². The molecule has 0 heterocycles. The fraction of sp³-hybridized carbons (Fsp3) is 0.294. The molecule has 2 aromatic carbocycles. The molecule has 3 heteroatoms. The molecular formula is C17H19ClN2. The summed E-state index contributed by atoms with van der Waals surface area (Å²) >= 11 is 6.29. The first-order chi connectivity index (χ1) is 9.79. The van der Waals surface area contributed by atoms with Crippen LogP contribution in [0, 0.1) is 0 Å². The molecule has 3 N–H and O–H groups in total. The van der Waals surface area contributed by atoms with Gasteiger partial charge in [-0.2, -0.15) is 0 Å². The van der Waals surface area contributed by atoms with Crippen LogP contribution < -0.4 is 11.3 Å². The Balaban J connectivity index is 1.95. The van der Waals surface area contributed by atoms with Crippen LogP contribution in [0.25, 0.3) is 0 Å². The number of hydrogen-bond donors (Lipinski definition) is 2. The third kappa shape index (κ3) is 2.59. The van der Waals surface area contributed by atoms with E-state index in [2.05, 4.69) is 29.7 Å². The highest BCUT2D eigenvalue weighted by Gasteiger charge is 2.21. The molecule has 0 radical (unpaired) electrons. The van der Waals surface area contributed by atoms with Crippen molar-refractivity contribution in [3.8, 4) is 0 Å². The van der Waals surface area contributed by atoms with Crippen molar-refractivity contribution < 1.29 is 0 Å². The third-order valence-electron chi connectivity index (χ3n) is 4.20. The Labute approximate surface area is 124 Å². The highest BCUT2D eigenvalue weighted by molar-refractivity contribution is 6.31. The van der Waals surface area contributed by atoms with Crippen molar-refractivity contribution in [2.75, 3.05) is 0 Å². The highest BCUT2D eigenvalue weighted by Crippen LogP contribution is 2.37. The Morgan fingerprint density at radius 3 is 2.55 bits per heavy atom. The van der Waals surface area contributed by atoms with Crippen LogP contribution in [-0.4, -0.2) is 0 Å². The zero-order valence-corrected chi connectivity index (χ0v) is 12.1. The summed E-state index contributed by atoms with van der Waals surface area (Å²) in [7, 11) is 0. The van der Waals surface area contributed by atoms with Crippen LogP contribution in [0.5, 0.6) is 0 Å². The van der Waals surface area contributed by atoms with Crippen molar-refractivity contribution in [1.29, 1.82) is 0 Å². The lowest BCUT2D eigenvalue weighted by Crippen LogP contribution is -2.29. The Morgan fingerprint density at radius 2 is 1.90 bits per heavy atom. The van der Waals surface area contributed by atoms with Crippen molar-refractivity contribution in [3.63, 3.8) is 0 Å². The van der Waals surface area contributed by atoms with Gasteiger partial charge in [-0.1, -0.05) is 60.5 Å². The SMILES string of the molecule is NNC(c1cccc(C2CCC2)c1)c1ccccc1Cl. The molecule has 1 aliphatic carbocycles. The van der Waals surface area contributed by atoms with Crippen LogP contribution in [0.15, 0.2) is 48.5 Å². The number of halogens is 1. The van der Waals surface area contributed by atoms with Gasteiger partial charge < -0.3 is 0 Å². The van der Waals surface area contributed by atoms with Gasteiger partial charge in [0.15, 0.2) is 0 Å². The number of hydrazine groups is 1. The summed E-state index contributed by atoms with van der Waals surface area (Å²) in [5.41, 5.74) is 6.50. The maximum Gasteiger partial charge on any atom is 0.0724 e. The molecule has 104 valence electrons. The van der Waals surface area contributed by atoms with Crippen molar-refractivity contribution in [2.24, 2.45) is 5.84 Å². The van der Waals surface area contributed by atoms with Crippen LogP contribution in [0.3, 0.4) is 0 Å². The standard InChI is InChI=1S/C17H19ClN2/c18-16-10-2-1-9-15(16)17(20-19)14-8-4-7-13(11-14)12-5-3-6-12/h1-2,4,7-12,17,20H,3,5-6,19H2. The summed E-state index contributed by atoms with van der Waals surface area (Å²) < 4.78 is 0. The van der Waals surface area contributed by atoms with Crippen molar-refractivity contribution in [1.82, 2.24) is 5.43 Å². The van der Waals surface area contributed by atoms with Gasteiger partial charge in [0.05, 0.1) is 6.04 Å². The molecule has 1 atom stereocenters. The Hall–Kier alpha value is -1.35. The maximum atomic E-state index is 6.29. The van der Waals surface area contributed by atoms with E-state index in [1.165, 1.54) is 30.4 Å². The average Bonchev–Trinajstić information content (AvgIpc) is 2.40. The van der Waals surface area contributed by atoms with Gasteiger partial charge in [-0.25, -0.2) is 5.43 Å². The summed E-state index contributed by atoms with van der Waals surface area (Å²) in [5.74, 6) is 6.49. The van der Waals surface area contributed by atoms with Gasteiger partial charge >= 0.3 is 0 Å². The van der Waals surface area contributed by atoms with Gasteiger partial charge in [0.25, 0.3) is 0 Å². The number of nitrogens with one attached hydrogen (secondary N) is 1. The zero-order valence-electron chi connectivity index (χ0n) is 11.4. The van der Waals surface area contributed by atoms with Crippen LogP contribution in [0.1, 0.15) is 47.9 Å². The van der Waals surface area contributed by atoms with Crippen molar-refractivity contribution in [3.05, 3.63) is 70.2 Å². The molecule has 1 fully saturated rings. The molecule has 20 heavy (non-hydrogen) atoms. The van der Waals surface area contributed by atoms with E-state index in [1.807, 2.05) is 24.3 Å². The minimum atomic E-state index is -0.0660. The summed E-state index contributed by atoms with van der Waals surface area (Å²) in [5, 5.41) is 0.740. The molecule has 2 nitrogen and oxygen atoms in total. The molecule has 1 unspecified atom stereocenters. The Kier molecular flexibility index (Phi) is 4.06. The molecule has 2 aromatic rings. The molecule has 3 rings (SSSR count). The predicted octanol–water partition coefficient (Wildman–Crippen LogP) is 4.16. The minimum Gasteiger partial charge on any atom is -0.271 e. The second kappa shape index (κ2) is 5.96. The van der Waals surface area contributed by atoms with E-state index in [-0.39, 0.29) is 6.04 Å². The fourth-order valence-electron chi connectivity index (χ4n) is 2.81. The quantitative estimate of drug-likeness (QED) is 0.654. The first kappa shape index (κ1) is 13.6. The van der Waals surface area contributed by atoms with Gasteiger partial charge in [0.1, 0.15) is 0 Å². The van der Waals surface area contributed by atoms with Gasteiger partial charge in [-0.05, 0) is 41.5 Å². The summed E-state index contributed by atoms with van der Waals surface area (Å²) in [6.07, 6.45) is 3.95. The minimum absolute atomic E-state index is 0.0660. The molecule has 0 aromatic heterocycles. The fourth-order valence-corrected chi connectivity index (χ4v) is 3.05. The van der Waals surface area contributed by atoms with Gasteiger partial charge in [0, 0.05) is 5.02 Å². The summed E-state index contributed by atoms with van der Waals surface area (Å²) in [4.78, 5) is 0. The summed E-state index contributed by atoms with van der Waals surface area (Å²) in [6.45, 7) is 0. The largest absolute Gasteiger partial charge is 0.271 e. The molecule has 0 bridgehead atoms. The van der Waals surface area contributed by atoms with Crippen molar-refractivity contribution >= 4 is 11.6 Å². The van der Waals surface area contributed by atoms with E-state index in [9.17, 15) is 0 Å². The zero-order chi connectivity index (χ0) is 13.9. The lowest BCUT2D eigenvalue weighted by atomic mass is 9.79. The van der Waals surface area contributed by atoms with Gasteiger partial charge in [-0.15, -0.1) is 0 Å². The van der Waals surface area contributed by atoms with E-state index < -0.39 is 0 Å². The van der Waals surface area contributed by atoms with E-state index in [4.69, 9.17) is 17.4 Å². The predicted molar refractivity (Wildman–Crippen MR) is 83.7 cm³/mol. The van der Waals surface area contributed by atoms with Crippen LogP contribution in [0.4, 0.5) is 0 Å². The monoisotopic (exact) mass is 286 g/mol. The van der Waals surface area contributed by atoms with E-state index >= 15 is 0 Å². The normalized spacial score (nSPS) is 16.7. The third-order valence-corrected chi connectivity index (χ3v) is 4.55. The molecular weight excluding hydrogens is 268 g/mol. The topological polar surface area (TPSA) is 38.0 Å².